The van der Waals surface area contributed by atoms with Crippen LogP contribution in [0.1, 0.15) is 16.8 Å². The molecule has 0 saturated carbocycles. The monoisotopic (exact) mass is 347 g/mol. The van der Waals surface area contributed by atoms with Gasteiger partial charge in [0, 0.05) is 43.3 Å². The van der Waals surface area contributed by atoms with Crippen molar-refractivity contribution in [3.63, 3.8) is 0 Å². The predicted molar refractivity (Wildman–Crippen MR) is 87.8 cm³/mol. The summed E-state index contributed by atoms with van der Waals surface area (Å²) in [5.41, 5.74) is 0.612. The van der Waals surface area contributed by atoms with Crippen LogP contribution in [-0.4, -0.2) is 48.3 Å². The minimum Gasteiger partial charge on any atom is -0.365 e. The molecule has 3 rings (SSSR count). The van der Waals surface area contributed by atoms with Gasteiger partial charge in [-0.25, -0.2) is 18.5 Å². The second-order valence-electron chi connectivity index (χ2n) is 5.54. The Balaban J connectivity index is 1.61. The second-order valence-corrected chi connectivity index (χ2v) is 7.10. The van der Waals surface area contributed by atoms with E-state index in [1.807, 2.05) is 0 Å². The van der Waals surface area contributed by atoms with E-state index in [-0.39, 0.29) is 16.8 Å². The van der Waals surface area contributed by atoms with Crippen molar-refractivity contribution >= 4 is 21.7 Å². The molecule has 126 valence electrons. The van der Waals surface area contributed by atoms with Gasteiger partial charge in [0.1, 0.15) is 10.7 Å². The number of sulfonamides is 1. The lowest BCUT2D eigenvalue weighted by Crippen LogP contribution is -2.31. The smallest absolute Gasteiger partial charge is 0.254 e. The van der Waals surface area contributed by atoms with Crippen LogP contribution in [0.25, 0.3) is 0 Å². The molecule has 0 bridgehead atoms. The van der Waals surface area contributed by atoms with Gasteiger partial charge in [-0.05, 0) is 30.7 Å². The molecule has 0 radical (unpaired) electrons. The standard InChI is InChI=1S/C15H17N5O3S/c16-24(22,23)13-1-2-14(18-9-13)19-12-5-8-20(10-12)15(21)11-3-6-17-7-4-11/h1-4,6-7,9,12H,5,8,10H2,(H,18,19)(H2,16,22,23). The number of likely N-dealkylation sites (tertiary alicyclic amines) is 1. The van der Waals surface area contributed by atoms with Crippen LogP contribution in [0.5, 0.6) is 0 Å². The Kier molecular flexibility index (Phi) is 4.45. The molecule has 2 aromatic rings. The summed E-state index contributed by atoms with van der Waals surface area (Å²) >= 11 is 0. The molecule has 1 saturated heterocycles. The van der Waals surface area contributed by atoms with Gasteiger partial charge in [-0.15, -0.1) is 0 Å². The first kappa shape index (κ1) is 16.3. The van der Waals surface area contributed by atoms with E-state index in [0.29, 0.717) is 24.5 Å². The third-order valence-corrected chi connectivity index (χ3v) is 4.72. The van der Waals surface area contributed by atoms with Gasteiger partial charge in [-0.1, -0.05) is 0 Å². The van der Waals surface area contributed by atoms with Crippen molar-refractivity contribution in [3.05, 3.63) is 48.4 Å². The summed E-state index contributed by atoms with van der Waals surface area (Å²) in [6, 6.07) is 6.41. The van der Waals surface area contributed by atoms with Crippen LogP contribution in [0.4, 0.5) is 5.82 Å². The largest absolute Gasteiger partial charge is 0.365 e. The van der Waals surface area contributed by atoms with Gasteiger partial charge in [0.2, 0.25) is 10.0 Å². The number of anilines is 1. The van der Waals surface area contributed by atoms with E-state index in [4.69, 9.17) is 5.14 Å². The molecule has 1 atom stereocenters. The molecule has 1 aliphatic heterocycles. The summed E-state index contributed by atoms with van der Waals surface area (Å²) in [7, 11) is -3.75. The van der Waals surface area contributed by atoms with E-state index in [1.165, 1.54) is 12.3 Å². The zero-order valence-electron chi connectivity index (χ0n) is 12.8. The van der Waals surface area contributed by atoms with Gasteiger partial charge in [0.15, 0.2) is 0 Å². The van der Waals surface area contributed by atoms with Crippen LogP contribution in [0, 0.1) is 0 Å². The molecule has 3 heterocycles. The number of primary sulfonamides is 1. The lowest BCUT2D eigenvalue weighted by atomic mass is 10.2. The maximum absolute atomic E-state index is 12.4. The quantitative estimate of drug-likeness (QED) is 0.829. The molecule has 8 nitrogen and oxygen atoms in total. The second kappa shape index (κ2) is 6.54. The van der Waals surface area contributed by atoms with E-state index in [9.17, 15) is 13.2 Å². The molecule has 1 aliphatic rings. The number of carbonyl (C=O) groups is 1. The number of pyridine rings is 2. The van der Waals surface area contributed by atoms with Gasteiger partial charge in [-0.3, -0.25) is 9.78 Å². The van der Waals surface area contributed by atoms with Gasteiger partial charge >= 0.3 is 0 Å². The molecule has 1 unspecified atom stereocenters. The van der Waals surface area contributed by atoms with Crippen molar-refractivity contribution in [2.45, 2.75) is 17.4 Å². The summed E-state index contributed by atoms with van der Waals surface area (Å²) in [4.78, 5) is 22.1. The number of nitrogens with two attached hydrogens (primary N) is 1. The van der Waals surface area contributed by atoms with Crippen LogP contribution in [0.2, 0.25) is 0 Å². The number of amides is 1. The topological polar surface area (TPSA) is 118 Å². The average molecular weight is 347 g/mol. The van der Waals surface area contributed by atoms with E-state index >= 15 is 0 Å². The molecule has 9 heteroatoms. The van der Waals surface area contributed by atoms with Crippen molar-refractivity contribution in [3.8, 4) is 0 Å². The van der Waals surface area contributed by atoms with Crippen molar-refractivity contribution in [1.29, 1.82) is 0 Å². The highest BCUT2D eigenvalue weighted by molar-refractivity contribution is 7.89. The van der Waals surface area contributed by atoms with Crippen LogP contribution < -0.4 is 10.5 Å². The highest BCUT2D eigenvalue weighted by Gasteiger charge is 2.27. The molecule has 0 spiro atoms. The Bertz CT molecular complexity index is 824. The number of hydrogen-bond acceptors (Lipinski definition) is 6. The summed E-state index contributed by atoms with van der Waals surface area (Å²) in [5.74, 6) is 0.518. The number of aromatic nitrogens is 2. The normalized spacial score (nSPS) is 17.7. The third-order valence-electron chi connectivity index (χ3n) is 3.82. The molecule has 1 amide bonds. The lowest BCUT2D eigenvalue weighted by molar-refractivity contribution is 0.0791. The number of carbonyl (C=O) groups excluding carboxylic acids is 1. The summed E-state index contributed by atoms with van der Waals surface area (Å²) in [5, 5.41) is 8.24. The van der Waals surface area contributed by atoms with Crippen molar-refractivity contribution in [1.82, 2.24) is 14.9 Å². The number of rotatable bonds is 4. The number of nitrogens with one attached hydrogen (secondary N) is 1. The molecular weight excluding hydrogens is 330 g/mol. The molecule has 0 aromatic carbocycles. The maximum atomic E-state index is 12.4. The predicted octanol–water partition coefficient (Wildman–Crippen LogP) is 0.451. The van der Waals surface area contributed by atoms with Gasteiger partial charge in [0.05, 0.1) is 0 Å². The SMILES string of the molecule is NS(=O)(=O)c1ccc(NC2CCN(C(=O)c3ccncc3)C2)nc1. The molecule has 2 aromatic heterocycles. The van der Waals surface area contributed by atoms with Crippen LogP contribution in [0.15, 0.2) is 47.8 Å². The third kappa shape index (κ3) is 3.69. The van der Waals surface area contributed by atoms with Crippen LogP contribution in [-0.2, 0) is 10.0 Å². The van der Waals surface area contributed by atoms with Crippen molar-refractivity contribution in [2.24, 2.45) is 5.14 Å². The Hall–Kier alpha value is -2.52. The molecular formula is C15H17N5O3S. The average Bonchev–Trinajstić information content (AvgIpc) is 3.03. The van der Waals surface area contributed by atoms with E-state index in [2.05, 4.69) is 15.3 Å². The van der Waals surface area contributed by atoms with Crippen LogP contribution in [0.3, 0.4) is 0 Å². The van der Waals surface area contributed by atoms with Gasteiger partial charge in [0.25, 0.3) is 5.91 Å². The maximum Gasteiger partial charge on any atom is 0.254 e. The molecule has 1 fully saturated rings. The first-order chi connectivity index (χ1) is 11.4. The van der Waals surface area contributed by atoms with E-state index in [0.717, 1.165) is 6.42 Å². The molecule has 0 aliphatic carbocycles. The Labute approximate surface area is 139 Å². The number of hydrogen-bond donors (Lipinski definition) is 2. The first-order valence-electron chi connectivity index (χ1n) is 7.38. The summed E-state index contributed by atoms with van der Waals surface area (Å²) in [6.07, 6.45) is 5.19. The highest BCUT2D eigenvalue weighted by Crippen LogP contribution is 2.17. The van der Waals surface area contributed by atoms with E-state index < -0.39 is 10.0 Å². The highest BCUT2D eigenvalue weighted by atomic mass is 32.2. The molecule has 24 heavy (non-hydrogen) atoms. The lowest BCUT2D eigenvalue weighted by Gasteiger charge is -2.17. The van der Waals surface area contributed by atoms with E-state index in [1.54, 1.807) is 35.5 Å². The minimum absolute atomic E-state index is 0.0285. The zero-order chi connectivity index (χ0) is 17.2. The fourth-order valence-electron chi connectivity index (χ4n) is 2.58. The van der Waals surface area contributed by atoms with Crippen molar-refractivity contribution < 1.29 is 13.2 Å². The number of nitrogens with zero attached hydrogens (tertiary/aromatic N) is 3. The summed E-state index contributed by atoms with van der Waals surface area (Å²) < 4.78 is 22.4. The van der Waals surface area contributed by atoms with Gasteiger partial charge < -0.3 is 10.2 Å². The fraction of sp³-hybridized carbons (Fsp3) is 0.267. The van der Waals surface area contributed by atoms with Gasteiger partial charge in [-0.2, -0.15) is 0 Å². The van der Waals surface area contributed by atoms with Crippen LogP contribution >= 0.6 is 0 Å². The Morgan fingerprint density at radius 2 is 2.00 bits per heavy atom. The Morgan fingerprint density at radius 1 is 1.25 bits per heavy atom. The summed E-state index contributed by atoms with van der Waals surface area (Å²) in [6.45, 7) is 1.20. The minimum atomic E-state index is -3.75. The molecule has 3 N–H and O–H groups in total. The van der Waals surface area contributed by atoms with Crippen molar-refractivity contribution in [2.75, 3.05) is 18.4 Å². The first-order valence-corrected chi connectivity index (χ1v) is 8.93. The fourth-order valence-corrected chi connectivity index (χ4v) is 3.04. The Morgan fingerprint density at radius 3 is 2.62 bits per heavy atom. The zero-order valence-corrected chi connectivity index (χ0v) is 13.6.